The van der Waals surface area contributed by atoms with Crippen molar-refractivity contribution in [3.63, 3.8) is 0 Å². The third-order valence-corrected chi connectivity index (χ3v) is 3.12. The molecule has 1 heterocycles. The molecule has 0 bridgehead atoms. The summed E-state index contributed by atoms with van der Waals surface area (Å²) in [5.74, 6) is 1.15. The summed E-state index contributed by atoms with van der Waals surface area (Å²) in [4.78, 5) is 15.7. The number of halogens is 1. The average Bonchev–Trinajstić information content (AvgIpc) is 2.55. The first-order chi connectivity index (χ1) is 9.63. The lowest BCUT2D eigenvalue weighted by atomic mass is 10.2. The third kappa shape index (κ3) is 2.35. The van der Waals surface area contributed by atoms with E-state index < -0.39 is 6.16 Å². The highest BCUT2D eigenvalue weighted by Gasteiger charge is 2.23. The molecule has 0 aromatic heterocycles. The van der Waals surface area contributed by atoms with Crippen LogP contribution in [0.2, 0.25) is 5.02 Å². The summed E-state index contributed by atoms with van der Waals surface area (Å²) >= 11 is 5.96. The van der Waals surface area contributed by atoms with Crippen molar-refractivity contribution in [3.05, 3.63) is 53.1 Å². The molecule has 1 aliphatic rings. The molecule has 3 rings (SSSR count). The van der Waals surface area contributed by atoms with E-state index in [0.717, 1.165) is 5.56 Å². The molecule has 0 aliphatic carbocycles. The Balaban J connectivity index is 2.11. The van der Waals surface area contributed by atoms with Gasteiger partial charge in [-0.1, -0.05) is 29.8 Å². The number of carbonyl (C=O) groups is 1. The minimum atomic E-state index is -1.39. The van der Waals surface area contributed by atoms with E-state index in [2.05, 4.69) is 0 Å². The molecule has 20 heavy (non-hydrogen) atoms. The van der Waals surface area contributed by atoms with Gasteiger partial charge >= 0.3 is 6.16 Å². The molecule has 0 unspecified atom stereocenters. The van der Waals surface area contributed by atoms with E-state index in [1.54, 1.807) is 18.2 Å². The van der Waals surface area contributed by atoms with Crippen LogP contribution in [0.5, 0.6) is 11.5 Å². The van der Waals surface area contributed by atoms with Gasteiger partial charge in [0.15, 0.2) is 5.75 Å². The van der Waals surface area contributed by atoms with Crippen molar-refractivity contribution in [1.29, 1.82) is 0 Å². The summed E-state index contributed by atoms with van der Waals surface area (Å²) in [6.07, 6.45) is -1.39. The van der Waals surface area contributed by atoms with Gasteiger partial charge in [0.05, 0.1) is 6.54 Å². The fourth-order valence-corrected chi connectivity index (χ4v) is 2.21. The van der Waals surface area contributed by atoms with Crippen molar-refractivity contribution in [2.45, 2.75) is 6.54 Å². The van der Waals surface area contributed by atoms with E-state index in [1.165, 1.54) is 5.06 Å². The highest BCUT2D eigenvalue weighted by Crippen LogP contribution is 2.40. The zero-order valence-corrected chi connectivity index (χ0v) is 11.0. The summed E-state index contributed by atoms with van der Waals surface area (Å²) in [6.45, 7) is 0.246. The van der Waals surface area contributed by atoms with Crippen LogP contribution in [0.25, 0.3) is 0 Å². The molecule has 1 N–H and O–H groups in total. The van der Waals surface area contributed by atoms with Gasteiger partial charge < -0.3 is 14.7 Å². The highest BCUT2D eigenvalue weighted by atomic mass is 35.5. The molecule has 2 aromatic carbocycles. The Morgan fingerprint density at radius 3 is 2.85 bits per heavy atom. The fraction of sp³-hybridized carbons (Fsp3) is 0.0714. The van der Waals surface area contributed by atoms with Crippen LogP contribution in [0, 0.1) is 0 Å². The molecule has 102 valence electrons. The van der Waals surface area contributed by atoms with Gasteiger partial charge in [0.2, 0.25) is 0 Å². The molecule has 0 atom stereocenters. The summed E-state index contributed by atoms with van der Waals surface area (Å²) in [6, 6.07) is 12.3. The standard InChI is InChI=1S/C14H10ClNO4/c15-10-5-6-13-11(7-10)16(20-14(17)18)8-9-3-1-2-4-12(9)19-13/h1-7H,8H2,(H,17,18). The monoisotopic (exact) mass is 291 g/mol. The number of hydroxylamine groups is 1. The quantitative estimate of drug-likeness (QED) is 0.858. The topological polar surface area (TPSA) is 59.0 Å². The maximum atomic E-state index is 10.8. The molecular weight excluding hydrogens is 282 g/mol. The number of carboxylic acid groups (broad SMARTS) is 1. The van der Waals surface area contributed by atoms with E-state index >= 15 is 0 Å². The average molecular weight is 292 g/mol. The van der Waals surface area contributed by atoms with Crippen LogP contribution < -0.4 is 9.80 Å². The molecular formula is C14H10ClNO4. The van der Waals surface area contributed by atoms with Crippen LogP contribution in [0.4, 0.5) is 10.5 Å². The molecule has 0 radical (unpaired) electrons. The Kier molecular flexibility index (Phi) is 3.12. The van der Waals surface area contributed by atoms with Gasteiger partial charge in [-0.15, -0.1) is 0 Å². The molecule has 2 aromatic rings. The van der Waals surface area contributed by atoms with Crippen molar-refractivity contribution < 1.29 is 19.5 Å². The second-order valence-electron chi connectivity index (χ2n) is 4.22. The summed E-state index contributed by atoms with van der Waals surface area (Å²) < 4.78 is 5.80. The summed E-state index contributed by atoms with van der Waals surface area (Å²) in [5, 5.41) is 10.6. The highest BCUT2D eigenvalue weighted by molar-refractivity contribution is 6.30. The van der Waals surface area contributed by atoms with Crippen molar-refractivity contribution >= 4 is 23.4 Å². The SMILES string of the molecule is O=C(O)ON1Cc2ccccc2Oc2ccc(Cl)cc21. The van der Waals surface area contributed by atoms with Crippen molar-refractivity contribution in [3.8, 4) is 11.5 Å². The minimum absolute atomic E-state index is 0.246. The number of rotatable bonds is 1. The Bertz CT molecular complexity index is 674. The number of para-hydroxylation sites is 1. The Hall–Kier alpha value is -2.40. The second kappa shape index (κ2) is 4.94. The van der Waals surface area contributed by atoms with Gasteiger partial charge in [-0.3, -0.25) is 0 Å². The normalized spacial score (nSPS) is 12.8. The number of ether oxygens (including phenoxy) is 1. The molecule has 1 aliphatic heterocycles. The molecule has 6 heteroatoms. The molecule has 0 amide bonds. The smallest absolute Gasteiger partial charge is 0.455 e. The van der Waals surface area contributed by atoms with Gasteiger partial charge in [-0.2, -0.15) is 5.06 Å². The van der Waals surface area contributed by atoms with Gasteiger partial charge in [0.1, 0.15) is 11.4 Å². The number of benzene rings is 2. The van der Waals surface area contributed by atoms with Crippen LogP contribution in [0.1, 0.15) is 5.56 Å². The zero-order valence-electron chi connectivity index (χ0n) is 10.2. The number of nitrogens with zero attached hydrogens (tertiary/aromatic N) is 1. The van der Waals surface area contributed by atoms with Gasteiger partial charge in [0, 0.05) is 10.6 Å². The fourth-order valence-electron chi connectivity index (χ4n) is 2.04. The third-order valence-electron chi connectivity index (χ3n) is 2.88. The number of hydrogen-bond donors (Lipinski definition) is 1. The Morgan fingerprint density at radius 2 is 2.05 bits per heavy atom. The molecule has 0 fully saturated rings. The van der Waals surface area contributed by atoms with Crippen molar-refractivity contribution in [2.75, 3.05) is 5.06 Å². The minimum Gasteiger partial charge on any atom is -0.455 e. The molecule has 0 spiro atoms. The Labute approximate surface area is 119 Å². The number of fused-ring (bicyclic) bond motifs is 2. The van der Waals surface area contributed by atoms with E-state index in [9.17, 15) is 4.79 Å². The molecule has 0 saturated carbocycles. The lowest BCUT2D eigenvalue weighted by molar-refractivity contribution is 0.0787. The maximum Gasteiger partial charge on any atom is 0.530 e. The van der Waals surface area contributed by atoms with Crippen molar-refractivity contribution in [1.82, 2.24) is 0 Å². The molecule has 0 saturated heterocycles. The summed E-state index contributed by atoms with van der Waals surface area (Å²) in [5.41, 5.74) is 1.29. The van der Waals surface area contributed by atoms with Gasteiger partial charge in [-0.05, 0) is 24.3 Å². The largest absolute Gasteiger partial charge is 0.530 e. The molecule has 5 nitrogen and oxygen atoms in total. The van der Waals surface area contributed by atoms with Crippen LogP contribution >= 0.6 is 11.6 Å². The first-order valence-electron chi connectivity index (χ1n) is 5.87. The second-order valence-corrected chi connectivity index (χ2v) is 4.65. The lowest BCUT2D eigenvalue weighted by Gasteiger charge is -2.20. The van der Waals surface area contributed by atoms with E-state index in [4.69, 9.17) is 26.3 Å². The van der Waals surface area contributed by atoms with Gasteiger partial charge in [-0.25, -0.2) is 4.79 Å². The van der Waals surface area contributed by atoms with Gasteiger partial charge in [0.25, 0.3) is 0 Å². The van der Waals surface area contributed by atoms with E-state index in [0.29, 0.717) is 22.2 Å². The van der Waals surface area contributed by atoms with E-state index in [-0.39, 0.29) is 6.54 Å². The Morgan fingerprint density at radius 1 is 1.25 bits per heavy atom. The van der Waals surface area contributed by atoms with Crippen LogP contribution in [-0.4, -0.2) is 11.3 Å². The number of anilines is 1. The maximum absolute atomic E-state index is 10.8. The van der Waals surface area contributed by atoms with Crippen molar-refractivity contribution in [2.24, 2.45) is 0 Å². The zero-order chi connectivity index (χ0) is 14.1. The lowest BCUT2D eigenvalue weighted by Crippen LogP contribution is -2.25. The predicted molar refractivity (Wildman–Crippen MR) is 73.3 cm³/mol. The summed E-state index contributed by atoms with van der Waals surface area (Å²) in [7, 11) is 0. The van der Waals surface area contributed by atoms with E-state index in [1.807, 2.05) is 24.3 Å². The predicted octanol–water partition coefficient (Wildman–Crippen LogP) is 4.06. The van der Waals surface area contributed by atoms with Crippen LogP contribution in [0.3, 0.4) is 0 Å². The number of hydrogen-bond acceptors (Lipinski definition) is 4. The van der Waals surface area contributed by atoms with Crippen LogP contribution in [0.15, 0.2) is 42.5 Å². The first kappa shape index (κ1) is 12.6. The van der Waals surface area contributed by atoms with Crippen LogP contribution in [-0.2, 0) is 11.4 Å². The first-order valence-corrected chi connectivity index (χ1v) is 6.25.